The van der Waals surface area contributed by atoms with Gasteiger partial charge in [0, 0.05) is 18.8 Å². The summed E-state index contributed by atoms with van der Waals surface area (Å²) in [6.45, 7) is 3.76. The van der Waals surface area contributed by atoms with Crippen LogP contribution in [0.25, 0.3) is 0 Å². The molecule has 1 aromatic carbocycles. The molecule has 6 heteroatoms. The van der Waals surface area contributed by atoms with Crippen molar-refractivity contribution in [3.05, 3.63) is 48.2 Å². The van der Waals surface area contributed by atoms with Crippen molar-refractivity contribution in [2.75, 3.05) is 18.4 Å². The predicted molar refractivity (Wildman–Crippen MR) is 86.0 cm³/mol. The number of likely N-dealkylation sites (tertiary alicyclic amines) is 1. The first kappa shape index (κ1) is 15.4. The lowest BCUT2D eigenvalue weighted by Crippen LogP contribution is -2.38. The normalized spacial score (nSPS) is 15.5. The van der Waals surface area contributed by atoms with Crippen molar-refractivity contribution < 1.29 is 9.18 Å². The molecule has 2 aromatic rings. The third kappa shape index (κ3) is 3.83. The Morgan fingerprint density at radius 3 is 2.48 bits per heavy atom. The molecule has 0 spiro atoms. The molecule has 0 aliphatic carbocycles. The lowest BCUT2D eigenvalue weighted by Gasteiger charge is -2.29. The van der Waals surface area contributed by atoms with E-state index in [1.54, 1.807) is 12.1 Å². The zero-order valence-corrected chi connectivity index (χ0v) is 13.0. The SMILES string of the molecule is CC1CCN(C(=O)c2cnc(Nc3ccc(F)cc3)cn2)CC1. The number of amides is 1. The summed E-state index contributed by atoms with van der Waals surface area (Å²) in [5.74, 6) is 0.823. The average molecular weight is 314 g/mol. The largest absolute Gasteiger partial charge is 0.339 e. The van der Waals surface area contributed by atoms with E-state index in [0.29, 0.717) is 23.1 Å². The minimum Gasteiger partial charge on any atom is -0.339 e. The second-order valence-electron chi connectivity index (χ2n) is 5.89. The van der Waals surface area contributed by atoms with Gasteiger partial charge in [-0.15, -0.1) is 0 Å². The summed E-state index contributed by atoms with van der Waals surface area (Å²) in [5.41, 5.74) is 1.06. The first-order valence-corrected chi connectivity index (χ1v) is 7.76. The number of hydrogen-bond acceptors (Lipinski definition) is 4. The number of carbonyl (C=O) groups excluding carboxylic acids is 1. The van der Waals surface area contributed by atoms with E-state index >= 15 is 0 Å². The van der Waals surface area contributed by atoms with Crippen molar-refractivity contribution in [1.82, 2.24) is 14.9 Å². The van der Waals surface area contributed by atoms with Crippen molar-refractivity contribution in [3.63, 3.8) is 0 Å². The Kier molecular flexibility index (Phi) is 4.50. The number of aromatic nitrogens is 2. The van der Waals surface area contributed by atoms with Crippen molar-refractivity contribution in [1.29, 1.82) is 0 Å². The van der Waals surface area contributed by atoms with Crippen molar-refractivity contribution in [3.8, 4) is 0 Å². The minimum atomic E-state index is -0.293. The topological polar surface area (TPSA) is 58.1 Å². The van der Waals surface area contributed by atoms with Gasteiger partial charge >= 0.3 is 0 Å². The zero-order chi connectivity index (χ0) is 16.2. The Bertz CT molecular complexity index is 664. The molecule has 1 N–H and O–H groups in total. The zero-order valence-electron chi connectivity index (χ0n) is 13.0. The van der Waals surface area contributed by atoms with Gasteiger partial charge in [-0.2, -0.15) is 0 Å². The molecule has 0 saturated carbocycles. The number of rotatable bonds is 3. The molecule has 0 radical (unpaired) electrons. The number of anilines is 2. The fourth-order valence-electron chi connectivity index (χ4n) is 2.56. The second kappa shape index (κ2) is 6.73. The van der Waals surface area contributed by atoms with Crippen LogP contribution >= 0.6 is 0 Å². The van der Waals surface area contributed by atoms with Crippen molar-refractivity contribution in [2.45, 2.75) is 19.8 Å². The maximum absolute atomic E-state index is 12.9. The molecule has 23 heavy (non-hydrogen) atoms. The lowest BCUT2D eigenvalue weighted by atomic mass is 9.99. The Morgan fingerprint density at radius 2 is 1.87 bits per heavy atom. The molecule has 5 nitrogen and oxygen atoms in total. The highest BCUT2D eigenvalue weighted by atomic mass is 19.1. The molecule has 2 heterocycles. The Balaban J connectivity index is 1.64. The predicted octanol–water partition coefficient (Wildman–Crippen LogP) is 3.23. The summed E-state index contributed by atoms with van der Waals surface area (Å²) in [6, 6.07) is 5.96. The van der Waals surface area contributed by atoms with E-state index in [-0.39, 0.29) is 11.7 Å². The molecule has 0 atom stereocenters. The van der Waals surface area contributed by atoms with Crippen LogP contribution in [0.15, 0.2) is 36.7 Å². The molecule has 1 aliphatic rings. The Morgan fingerprint density at radius 1 is 1.17 bits per heavy atom. The molecule has 120 valence electrons. The number of carbonyl (C=O) groups is 1. The smallest absolute Gasteiger partial charge is 0.274 e. The van der Waals surface area contributed by atoms with Gasteiger partial charge in [-0.05, 0) is 43.0 Å². The number of hydrogen-bond donors (Lipinski definition) is 1. The molecule has 1 aromatic heterocycles. The van der Waals surface area contributed by atoms with E-state index in [2.05, 4.69) is 22.2 Å². The molecule has 0 bridgehead atoms. The average Bonchev–Trinajstić information content (AvgIpc) is 2.58. The van der Waals surface area contributed by atoms with Gasteiger partial charge in [-0.1, -0.05) is 6.92 Å². The third-order valence-electron chi connectivity index (χ3n) is 4.06. The molecule has 1 amide bonds. The van der Waals surface area contributed by atoms with Gasteiger partial charge < -0.3 is 10.2 Å². The van der Waals surface area contributed by atoms with Crippen LogP contribution < -0.4 is 5.32 Å². The first-order valence-electron chi connectivity index (χ1n) is 7.76. The quantitative estimate of drug-likeness (QED) is 0.945. The maximum Gasteiger partial charge on any atom is 0.274 e. The Labute approximate surface area is 134 Å². The summed E-state index contributed by atoms with van der Waals surface area (Å²) in [4.78, 5) is 22.6. The first-order chi connectivity index (χ1) is 11.1. The molecule has 3 rings (SSSR count). The van der Waals surface area contributed by atoms with Crippen LogP contribution in [0.5, 0.6) is 0 Å². The third-order valence-corrected chi connectivity index (χ3v) is 4.06. The number of halogens is 1. The molecular formula is C17H19FN4O. The highest BCUT2D eigenvalue weighted by molar-refractivity contribution is 5.92. The Hall–Kier alpha value is -2.50. The van der Waals surface area contributed by atoms with Gasteiger partial charge in [-0.25, -0.2) is 14.4 Å². The van der Waals surface area contributed by atoms with E-state index in [0.717, 1.165) is 25.9 Å². The summed E-state index contributed by atoms with van der Waals surface area (Å²) < 4.78 is 12.9. The van der Waals surface area contributed by atoms with E-state index in [4.69, 9.17) is 0 Å². The minimum absolute atomic E-state index is 0.0715. The fraction of sp³-hybridized carbons (Fsp3) is 0.353. The van der Waals surface area contributed by atoms with Crippen LogP contribution in [0.3, 0.4) is 0 Å². The van der Waals surface area contributed by atoms with Gasteiger partial charge in [-0.3, -0.25) is 4.79 Å². The lowest BCUT2D eigenvalue weighted by molar-refractivity contribution is 0.0691. The van der Waals surface area contributed by atoms with Crippen LogP contribution in [-0.2, 0) is 0 Å². The standard InChI is InChI=1S/C17H19FN4O/c1-12-6-8-22(9-7-12)17(23)15-10-20-16(11-19-15)21-14-4-2-13(18)3-5-14/h2-5,10-12H,6-9H2,1H3,(H,20,21). The molecule has 1 aliphatic heterocycles. The highest BCUT2D eigenvalue weighted by Crippen LogP contribution is 2.18. The van der Waals surface area contributed by atoms with E-state index in [1.807, 2.05) is 4.90 Å². The van der Waals surface area contributed by atoms with Crippen LogP contribution in [0.4, 0.5) is 15.9 Å². The van der Waals surface area contributed by atoms with Gasteiger partial charge in [0.05, 0.1) is 12.4 Å². The number of nitrogens with one attached hydrogen (secondary N) is 1. The van der Waals surface area contributed by atoms with Crippen LogP contribution in [0.2, 0.25) is 0 Å². The maximum atomic E-state index is 12.9. The second-order valence-corrected chi connectivity index (χ2v) is 5.89. The highest BCUT2D eigenvalue weighted by Gasteiger charge is 2.22. The van der Waals surface area contributed by atoms with Crippen molar-refractivity contribution >= 4 is 17.4 Å². The summed E-state index contributed by atoms with van der Waals surface area (Å²) in [6.07, 6.45) is 5.06. The van der Waals surface area contributed by atoms with E-state index in [1.165, 1.54) is 24.5 Å². The number of piperidine rings is 1. The number of benzene rings is 1. The molecule has 1 saturated heterocycles. The van der Waals surface area contributed by atoms with Crippen molar-refractivity contribution in [2.24, 2.45) is 5.92 Å². The monoisotopic (exact) mass is 314 g/mol. The van der Waals surface area contributed by atoms with Gasteiger partial charge in [0.1, 0.15) is 17.3 Å². The molecular weight excluding hydrogens is 295 g/mol. The van der Waals surface area contributed by atoms with E-state index in [9.17, 15) is 9.18 Å². The van der Waals surface area contributed by atoms with Crippen LogP contribution in [0, 0.1) is 11.7 Å². The molecule has 0 unspecified atom stereocenters. The summed E-state index contributed by atoms with van der Waals surface area (Å²) >= 11 is 0. The summed E-state index contributed by atoms with van der Waals surface area (Å²) in [7, 11) is 0. The van der Waals surface area contributed by atoms with Gasteiger partial charge in [0.2, 0.25) is 0 Å². The fourth-order valence-corrected chi connectivity index (χ4v) is 2.56. The summed E-state index contributed by atoms with van der Waals surface area (Å²) in [5, 5.41) is 3.02. The van der Waals surface area contributed by atoms with Crippen LogP contribution in [0.1, 0.15) is 30.3 Å². The molecule has 1 fully saturated rings. The van der Waals surface area contributed by atoms with Gasteiger partial charge in [0.25, 0.3) is 5.91 Å². The number of nitrogens with zero attached hydrogens (tertiary/aromatic N) is 3. The van der Waals surface area contributed by atoms with Gasteiger partial charge in [0.15, 0.2) is 0 Å². The van der Waals surface area contributed by atoms with E-state index < -0.39 is 0 Å². The van der Waals surface area contributed by atoms with Crippen LogP contribution in [-0.4, -0.2) is 33.9 Å².